The zero-order valence-electron chi connectivity index (χ0n) is 19.3. The molecular formula is C23H15F5N10. The number of alkyl halides is 3. The Morgan fingerprint density at radius 2 is 1.87 bits per heavy atom. The molecule has 5 aromatic rings. The number of aromatic nitrogens is 8. The number of nitrogen functional groups attached to an aromatic ring is 1. The van der Waals surface area contributed by atoms with Crippen molar-refractivity contribution in [2.24, 2.45) is 0 Å². The molecule has 0 aliphatic rings. The van der Waals surface area contributed by atoms with E-state index in [1.807, 2.05) is 0 Å². The maximum absolute atomic E-state index is 14.3. The SMILES string of the molecule is CC[C@@H](c1cn(-c2ccc(F)cc2F)nn1)c1c(C#N)c(-c2cnc(C(F)(F)F)nc2)c2c(N)ncnn12. The molecule has 0 fully saturated rings. The smallest absolute Gasteiger partial charge is 0.382 e. The summed E-state index contributed by atoms with van der Waals surface area (Å²) in [6, 6.07) is 5.07. The van der Waals surface area contributed by atoms with E-state index in [1.54, 1.807) is 6.92 Å². The molecule has 1 aromatic carbocycles. The molecule has 5 rings (SSSR count). The van der Waals surface area contributed by atoms with Crippen molar-refractivity contribution in [1.29, 1.82) is 5.26 Å². The van der Waals surface area contributed by atoms with Crippen LogP contribution in [0.2, 0.25) is 0 Å². The molecule has 0 radical (unpaired) electrons. The van der Waals surface area contributed by atoms with Gasteiger partial charge in [-0.15, -0.1) is 5.10 Å². The lowest BCUT2D eigenvalue weighted by molar-refractivity contribution is -0.144. The highest BCUT2D eigenvalue weighted by atomic mass is 19.4. The van der Waals surface area contributed by atoms with Crippen LogP contribution in [-0.2, 0) is 6.18 Å². The zero-order chi connectivity index (χ0) is 27.2. The van der Waals surface area contributed by atoms with E-state index in [9.17, 15) is 27.2 Å². The Morgan fingerprint density at radius 1 is 1.13 bits per heavy atom. The number of nitrogens with two attached hydrogens (primary N) is 1. The highest BCUT2D eigenvalue weighted by Crippen LogP contribution is 2.40. The average molecular weight is 526 g/mol. The fourth-order valence-electron chi connectivity index (χ4n) is 4.22. The lowest BCUT2D eigenvalue weighted by atomic mass is 9.93. The van der Waals surface area contributed by atoms with Gasteiger partial charge >= 0.3 is 6.18 Å². The Bertz CT molecular complexity index is 1700. The van der Waals surface area contributed by atoms with Crippen molar-refractivity contribution in [1.82, 2.24) is 39.6 Å². The van der Waals surface area contributed by atoms with Gasteiger partial charge in [-0.25, -0.2) is 32.9 Å². The zero-order valence-corrected chi connectivity index (χ0v) is 19.3. The van der Waals surface area contributed by atoms with E-state index >= 15 is 0 Å². The first-order valence-electron chi connectivity index (χ1n) is 11.0. The number of nitriles is 1. The van der Waals surface area contributed by atoms with Crippen molar-refractivity contribution < 1.29 is 22.0 Å². The van der Waals surface area contributed by atoms with Gasteiger partial charge in [0.2, 0.25) is 5.82 Å². The number of hydrogen-bond acceptors (Lipinski definition) is 8. The molecule has 0 unspecified atom stereocenters. The number of fused-ring (bicyclic) bond motifs is 1. The average Bonchev–Trinajstić information content (AvgIpc) is 3.48. The van der Waals surface area contributed by atoms with Crippen LogP contribution in [0, 0.1) is 23.0 Å². The summed E-state index contributed by atoms with van der Waals surface area (Å²) in [5.41, 5.74) is 7.13. The highest BCUT2D eigenvalue weighted by Gasteiger charge is 2.35. The number of benzene rings is 1. The minimum atomic E-state index is -4.75. The van der Waals surface area contributed by atoms with Crippen LogP contribution < -0.4 is 5.73 Å². The van der Waals surface area contributed by atoms with Gasteiger partial charge in [-0.2, -0.15) is 23.5 Å². The lowest BCUT2D eigenvalue weighted by Crippen LogP contribution is -2.10. The molecule has 4 aromatic heterocycles. The number of rotatable bonds is 5. The van der Waals surface area contributed by atoms with Gasteiger partial charge in [-0.05, 0) is 18.6 Å². The van der Waals surface area contributed by atoms with Gasteiger partial charge in [0.15, 0.2) is 11.6 Å². The van der Waals surface area contributed by atoms with Crippen LogP contribution in [-0.4, -0.2) is 39.6 Å². The summed E-state index contributed by atoms with van der Waals surface area (Å²) in [6.45, 7) is 1.80. The van der Waals surface area contributed by atoms with Gasteiger partial charge in [0, 0.05) is 35.5 Å². The summed E-state index contributed by atoms with van der Waals surface area (Å²) in [6.07, 6.45) is 0.0790. The molecule has 192 valence electrons. The molecule has 0 aliphatic carbocycles. The molecule has 15 heteroatoms. The number of anilines is 1. The van der Waals surface area contributed by atoms with Gasteiger partial charge in [0.25, 0.3) is 0 Å². The summed E-state index contributed by atoms with van der Waals surface area (Å²) in [5.74, 6) is -3.64. The first kappa shape index (κ1) is 24.7. The molecule has 0 saturated carbocycles. The third-order valence-corrected chi connectivity index (χ3v) is 5.86. The largest absolute Gasteiger partial charge is 0.451 e. The topological polar surface area (TPSA) is 136 Å². The van der Waals surface area contributed by atoms with Gasteiger partial charge < -0.3 is 5.73 Å². The van der Waals surface area contributed by atoms with Crippen LogP contribution >= 0.6 is 0 Å². The molecule has 0 aliphatic heterocycles. The Kier molecular flexibility index (Phi) is 5.94. The van der Waals surface area contributed by atoms with Gasteiger partial charge in [-0.1, -0.05) is 12.1 Å². The van der Waals surface area contributed by atoms with E-state index in [4.69, 9.17) is 5.73 Å². The van der Waals surface area contributed by atoms with E-state index in [1.165, 1.54) is 16.8 Å². The van der Waals surface area contributed by atoms with Crippen LogP contribution in [0.25, 0.3) is 22.3 Å². The first-order valence-corrected chi connectivity index (χ1v) is 11.0. The van der Waals surface area contributed by atoms with Crippen molar-refractivity contribution >= 4 is 11.3 Å². The molecule has 0 spiro atoms. The molecular weight excluding hydrogens is 511 g/mol. The van der Waals surface area contributed by atoms with Crippen molar-refractivity contribution in [3.63, 3.8) is 0 Å². The van der Waals surface area contributed by atoms with E-state index < -0.39 is 29.6 Å². The molecule has 10 nitrogen and oxygen atoms in total. The maximum atomic E-state index is 14.3. The van der Waals surface area contributed by atoms with Gasteiger partial charge in [0.1, 0.15) is 29.4 Å². The second kappa shape index (κ2) is 9.14. The van der Waals surface area contributed by atoms with Crippen LogP contribution in [0.3, 0.4) is 0 Å². The predicted octanol–water partition coefficient (Wildman–Crippen LogP) is 4.06. The third-order valence-electron chi connectivity index (χ3n) is 5.86. The van der Waals surface area contributed by atoms with E-state index in [2.05, 4.69) is 36.4 Å². The van der Waals surface area contributed by atoms with Gasteiger partial charge in [0.05, 0.1) is 23.1 Å². The first-order chi connectivity index (χ1) is 18.1. The summed E-state index contributed by atoms with van der Waals surface area (Å²) < 4.78 is 69.2. The summed E-state index contributed by atoms with van der Waals surface area (Å²) in [7, 11) is 0. The fourth-order valence-corrected chi connectivity index (χ4v) is 4.22. The van der Waals surface area contributed by atoms with Crippen molar-refractivity contribution in [2.75, 3.05) is 5.73 Å². The Balaban J connectivity index is 1.70. The second-order valence-corrected chi connectivity index (χ2v) is 8.09. The predicted molar refractivity (Wildman–Crippen MR) is 122 cm³/mol. The van der Waals surface area contributed by atoms with Gasteiger partial charge in [-0.3, -0.25) is 0 Å². The minimum Gasteiger partial charge on any atom is -0.382 e. The highest BCUT2D eigenvalue weighted by molar-refractivity contribution is 5.92. The minimum absolute atomic E-state index is 0.0370. The molecule has 38 heavy (non-hydrogen) atoms. The molecule has 0 amide bonds. The molecule has 1 atom stereocenters. The normalized spacial score (nSPS) is 12.6. The molecule has 0 saturated heterocycles. The molecule has 0 bridgehead atoms. The summed E-state index contributed by atoms with van der Waals surface area (Å²) in [5, 5.41) is 22.5. The Morgan fingerprint density at radius 3 is 2.50 bits per heavy atom. The van der Waals surface area contributed by atoms with E-state index in [0.29, 0.717) is 23.9 Å². The Labute approximate surface area is 210 Å². The lowest BCUT2D eigenvalue weighted by Gasteiger charge is -2.12. The standard InChI is InChI=1S/C23H15F5N10/c1-2-13(16-9-37(36-35-16)17-4-3-12(24)5-15(17)25)19-14(6-29)18(20-21(30)33-10-34-38(19)20)11-7-31-22(32-8-11)23(26,27)28/h3-5,7-10,13H,2H2,1H3,(H2,30,33,34)/t13-/m0/s1. The Hall–Kier alpha value is -5.00. The second-order valence-electron chi connectivity index (χ2n) is 8.09. The summed E-state index contributed by atoms with van der Waals surface area (Å²) in [4.78, 5) is 10.8. The number of nitrogens with zero attached hydrogens (tertiary/aromatic N) is 9. The number of hydrogen-bond donors (Lipinski definition) is 1. The van der Waals surface area contributed by atoms with E-state index in [-0.39, 0.29) is 33.7 Å². The van der Waals surface area contributed by atoms with Crippen molar-refractivity contribution in [3.05, 3.63) is 77.5 Å². The molecule has 2 N–H and O–H groups in total. The van der Waals surface area contributed by atoms with Crippen molar-refractivity contribution in [3.8, 4) is 22.9 Å². The number of halogens is 5. The van der Waals surface area contributed by atoms with E-state index in [0.717, 1.165) is 29.5 Å². The fraction of sp³-hybridized carbons (Fsp3) is 0.174. The monoisotopic (exact) mass is 526 g/mol. The third kappa shape index (κ3) is 4.05. The maximum Gasteiger partial charge on any atom is 0.451 e. The van der Waals surface area contributed by atoms with Crippen LogP contribution in [0.1, 0.15) is 42.0 Å². The van der Waals surface area contributed by atoms with Crippen LogP contribution in [0.15, 0.2) is 43.1 Å². The van der Waals surface area contributed by atoms with Crippen LogP contribution in [0.4, 0.5) is 27.8 Å². The van der Waals surface area contributed by atoms with Crippen molar-refractivity contribution in [2.45, 2.75) is 25.4 Å². The quantitative estimate of drug-likeness (QED) is 0.339. The van der Waals surface area contributed by atoms with Crippen LogP contribution in [0.5, 0.6) is 0 Å². The molecule has 4 heterocycles. The summed E-state index contributed by atoms with van der Waals surface area (Å²) >= 11 is 0.